The molecule has 1 aromatic carbocycles. The highest BCUT2D eigenvalue weighted by Crippen LogP contribution is 2.38. The third-order valence-electron chi connectivity index (χ3n) is 6.63. The number of anilines is 2. The van der Waals surface area contributed by atoms with E-state index in [2.05, 4.69) is 17.3 Å². The van der Waals surface area contributed by atoms with E-state index in [1.165, 1.54) is 10.6 Å². The molecule has 2 saturated heterocycles. The van der Waals surface area contributed by atoms with Crippen molar-refractivity contribution in [3.8, 4) is 0 Å². The summed E-state index contributed by atoms with van der Waals surface area (Å²) in [4.78, 5) is 42.6. The van der Waals surface area contributed by atoms with Crippen molar-refractivity contribution in [2.75, 3.05) is 50.0 Å². The van der Waals surface area contributed by atoms with Gasteiger partial charge in [0, 0.05) is 24.3 Å². The lowest BCUT2D eigenvalue weighted by atomic mass is 9.81. The average Bonchev–Trinajstić information content (AvgIpc) is 2.98. The molecular weight excluding hydrogens is 368 g/mol. The zero-order valence-electron chi connectivity index (χ0n) is 17.2. The lowest BCUT2D eigenvalue weighted by Gasteiger charge is -2.31. The van der Waals surface area contributed by atoms with Gasteiger partial charge in [0.2, 0.25) is 17.7 Å². The van der Waals surface area contributed by atoms with Gasteiger partial charge in [-0.1, -0.05) is 12.8 Å². The maximum Gasteiger partial charge on any atom is 0.233 e. The van der Waals surface area contributed by atoms with E-state index < -0.39 is 0 Å². The van der Waals surface area contributed by atoms with Crippen molar-refractivity contribution < 1.29 is 19.3 Å². The van der Waals surface area contributed by atoms with Crippen molar-refractivity contribution >= 4 is 29.1 Å². The molecule has 0 bridgehead atoms. The number of rotatable bonds is 5. The number of likely N-dealkylation sites (tertiary alicyclic amines) is 1. The summed E-state index contributed by atoms with van der Waals surface area (Å²) < 4.78 is 0. The smallest absolute Gasteiger partial charge is 0.233 e. The number of carbonyl (C=O) groups is 3. The lowest BCUT2D eigenvalue weighted by molar-refractivity contribution is -0.880. The number of piperazine rings is 1. The van der Waals surface area contributed by atoms with E-state index in [0.717, 1.165) is 57.5 Å². The van der Waals surface area contributed by atoms with Gasteiger partial charge in [-0.15, -0.1) is 0 Å². The molecule has 2 N–H and O–H groups in total. The number of imide groups is 1. The minimum atomic E-state index is -0.170. The summed E-state index contributed by atoms with van der Waals surface area (Å²) in [6.07, 6.45) is 3.78. The molecule has 2 aliphatic heterocycles. The number of benzene rings is 1. The molecule has 29 heavy (non-hydrogen) atoms. The summed E-state index contributed by atoms with van der Waals surface area (Å²) >= 11 is 0. The molecule has 4 rings (SSSR count). The molecule has 1 aromatic rings. The Bertz CT molecular complexity index is 747. The van der Waals surface area contributed by atoms with Gasteiger partial charge in [-0.2, -0.15) is 0 Å². The number of quaternary nitrogens is 1. The summed E-state index contributed by atoms with van der Waals surface area (Å²) in [5.41, 5.74) is 1.91. The predicted octanol–water partition coefficient (Wildman–Crippen LogP) is 0.525. The summed E-state index contributed by atoms with van der Waals surface area (Å²) in [5, 5.41) is 2.88. The topological polar surface area (TPSA) is 74.2 Å². The first-order valence-corrected chi connectivity index (χ1v) is 10.8. The van der Waals surface area contributed by atoms with Gasteiger partial charge in [-0.25, -0.2) is 0 Å². The van der Waals surface area contributed by atoms with Crippen LogP contribution in [0.4, 0.5) is 11.4 Å². The van der Waals surface area contributed by atoms with Gasteiger partial charge >= 0.3 is 0 Å². The molecule has 0 unspecified atom stereocenters. The van der Waals surface area contributed by atoms with Gasteiger partial charge in [0.1, 0.15) is 0 Å². The first-order chi connectivity index (χ1) is 14.0. The van der Waals surface area contributed by atoms with Crippen molar-refractivity contribution in [2.24, 2.45) is 11.8 Å². The summed E-state index contributed by atoms with van der Waals surface area (Å²) in [7, 11) is 2.22. The number of hydrogen-bond acceptors (Lipinski definition) is 4. The van der Waals surface area contributed by atoms with Gasteiger partial charge < -0.3 is 15.1 Å². The van der Waals surface area contributed by atoms with Gasteiger partial charge in [0.15, 0.2) is 0 Å². The van der Waals surface area contributed by atoms with Crippen LogP contribution < -0.4 is 15.1 Å². The van der Waals surface area contributed by atoms with Crippen LogP contribution in [0.15, 0.2) is 24.3 Å². The van der Waals surface area contributed by atoms with Crippen LogP contribution in [0, 0.1) is 11.8 Å². The number of nitrogens with zero attached hydrogens (tertiary/aromatic N) is 2. The van der Waals surface area contributed by atoms with Crippen LogP contribution in [-0.2, 0) is 14.4 Å². The fraction of sp³-hybridized carbons (Fsp3) is 0.591. The molecular formula is C22H31N4O3+. The zero-order chi connectivity index (χ0) is 20.4. The first kappa shape index (κ1) is 19.9. The maximum atomic E-state index is 12.5. The Labute approximate surface area is 172 Å². The number of nitrogens with one attached hydrogen (secondary N) is 2. The molecule has 1 saturated carbocycles. The second-order valence-corrected chi connectivity index (χ2v) is 8.61. The Morgan fingerprint density at radius 3 is 2.21 bits per heavy atom. The number of likely N-dealkylation sites (N-methyl/N-ethyl adjacent to an activating group) is 1. The molecule has 7 nitrogen and oxygen atoms in total. The van der Waals surface area contributed by atoms with Crippen molar-refractivity contribution in [3.05, 3.63) is 24.3 Å². The highest BCUT2D eigenvalue weighted by Gasteiger charge is 2.47. The Balaban J connectivity index is 1.27. The van der Waals surface area contributed by atoms with Crippen molar-refractivity contribution in [3.63, 3.8) is 0 Å². The van der Waals surface area contributed by atoms with Crippen LogP contribution in [0.3, 0.4) is 0 Å². The van der Waals surface area contributed by atoms with E-state index in [0.29, 0.717) is 0 Å². The molecule has 2 atom stereocenters. The molecule has 2 heterocycles. The van der Waals surface area contributed by atoms with E-state index in [4.69, 9.17) is 0 Å². The molecule has 3 fully saturated rings. The Morgan fingerprint density at radius 1 is 1.03 bits per heavy atom. The molecule has 1 aliphatic carbocycles. The zero-order valence-corrected chi connectivity index (χ0v) is 17.2. The summed E-state index contributed by atoms with van der Waals surface area (Å²) in [6, 6.07) is 7.90. The van der Waals surface area contributed by atoms with Crippen molar-refractivity contribution in [1.82, 2.24) is 4.90 Å². The molecule has 7 heteroatoms. The van der Waals surface area contributed by atoms with E-state index in [9.17, 15) is 14.4 Å². The standard InChI is InChI=1S/C22H30N4O3/c1-24-12-14-25(15-13-24)17-8-6-16(7-9-17)23-20(27)10-11-26-21(28)18-4-2-3-5-19(18)22(26)29/h6-9,18-19H,2-5,10-15H2,1H3,(H,23,27)/p+1/t18-,19-/m0/s1. The van der Waals surface area contributed by atoms with Crippen LogP contribution in [0.2, 0.25) is 0 Å². The summed E-state index contributed by atoms with van der Waals surface area (Å²) in [5.74, 6) is -0.626. The third-order valence-corrected chi connectivity index (χ3v) is 6.63. The molecule has 0 spiro atoms. The monoisotopic (exact) mass is 399 g/mol. The third kappa shape index (κ3) is 4.29. The SMILES string of the molecule is C[NH+]1CCN(c2ccc(NC(=O)CCN3C(=O)[C@H]4CCCC[C@@H]4C3=O)cc2)CC1. The quantitative estimate of drug-likeness (QED) is 0.709. The van der Waals surface area contributed by atoms with Crippen LogP contribution in [-0.4, -0.2) is 62.4 Å². The van der Waals surface area contributed by atoms with Crippen LogP contribution in [0.25, 0.3) is 0 Å². The minimum Gasteiger partial charge on any atom is -0.360 e. The van der Waals surface area contributed by atoms with Gasteiger partial charge in [0.25, 0.3) is 0 Å². The van der Waals surface area contributed by atoms with Crippen molar-refractivity contribution in [2.45, 2.75) is 32.1 Å². The summed E-state index contributed by atoms with van der Waals surface area (Å²) in [6.45, 7) is 4.52. The normalized spacial score (nSPS) is 25.3. The Morgan fingerprint density at radius 2 is 1.62 bits per heavy atom. The fourth-order valence-corrected chi connectivity index (χ4v) is 4.79. The minimum absolute atomic E-state index is 0.0779. The second kappa shape index (κ2) is 8.53. The van der Waals surface area contributed by atoms with Gasteiger partial charge in [0.05, 0.1) is 45.1 Å². The van der Waals surface area contributed by atoms with E-state index in [-0.39, 0.29) is 42.5 Å². The molecule has 3 aliphatic rings. The molecule has 0 aromatic heterocycles. The van der Waals surface area contributed by atoms with Crippen LogP contribution in [0.1, 0.15) is 32.1 Å². The largest absolute Gasteiger partial charge is 0.360 e. The fourth-order valence-electron chi connectivity index (χ4n) is 4.79. The van der Waals surface area contributed by atoms with E-state index in [1.54, 1.807) is 4.90 Å². The maximum absolute atomic E-state index is 12.5. The Hall–Kier alpha value is -2.41. The number of carbonyl (C=O) groups excluding carboxylic acids is 3. The van der Waals surface area contributed by atoms with Crippen LogP contribution in [0.5, 0.6) is 0 Å². The average molecular weight is 400 g/mol. The second-order valence-electron chi connectivity index (χ2n) is 8.61. The first-order valence-electron chi connectivity index (χ1n) is 10.8. The number of amides is 3. The molecule has 3 amide bonds. The van der Waals surface area contributed by atoms with Crippen LogP contribution >= 0.6 is 0 Å². The van der Waals surface area contributed by atoms with Gasteiger partial charge in [-0.05, 0) is 37.1 Å². The van der Waals surface area contributed by atoms with E-state index >= 15 is 0 Å². The lowest BCUT2D eigenvalue weighted by Crippen LogP contribution is -3.12. The Kier molecular flexibility index (Phi) is 5.85. The molecule has 156 valence electrons. The number of fused-ring (bicyclic) bond motifs is 1. The highest BCUT2D eigenvalue weighted by molar-refractivity contribution is 6.05. The highest BCUT2D eigenvalue weighted by atomic mass is 16.2. The van der Waals surface area contributed by atoms with Gasteiger partial charge in [-0.3, -0.25) is 19.3 Å². The molecule has 0 radical (unpaired) electrons. The predicted molar refractivity (Wildman–Crippen MR) is 111 cm³/mol. The number of hydrogen-bond donors (Lipinski definition) is 2. The van der Waals surface area contributed by atoms with Crippen molar-refractivity contribution in [1.29, 1.82) is 0 Å². The van der Waals surface area contributed by atoms with E-state index in [1.807, 2.05) is 24.3 Å².